The number of nitro benzene ring substituents is 1. The lowest BCUT2D eigenvalue weighted by Crippen LogP contribution is -2.59. The van der Waals surface area contributed by atoms with E-state index in [1.165, 1.54) is 11.0 Å². The first kappa shape index (κ1) is 21.0. The van der Waals surface area contributed by atoms with Crippen LogP contribution in [0.4, 0.5) is 11.4 Å². The van der Waals surface area contributed by atoms with Crippen molar-refractivity contribution < 1.29 is 19.3 Å². The number of amides is 3. The van der Waals surface area contributed by atoms with Crippen LogP contribution >= 0.6 is 0 Å². The molecule has 2 bridgehead atoms. The number of carbonyl (C=O) groups excluding carboxylic acids is 3. The molecule has 1 heterocycles. The van der Waals surface area contributed by atoms with Crippen LogP contribution in [0.5, 0.6) is 0 Å². The van der Waals surface area contributed by atoms with Gasteiger partial charge in [0, 0.05) is 36.2 Å². The molecule has 29 heavy (non-hydrogen) atoms. The number of carbonyl (C=O) groups is 3. The number of aryl methyl sites for hydroxylation is 1. The fraction of sp³-hybridized carbons (Fsp3) is 0.571. The van der Waals surface area contributed by atoms with Crippen LogP contribution in [-0.4, -0.2) is 34.1 Å². The van der Waals surface area contributed by atoms with E-state index < -0.39 is 10.3 Å². The average Bonchev–Trinajstić information content (AvgIpc) is 2.83. The van der Waals surface area contributed by atoms with Crippen molar-refractivity contribution in [2.45, 2.75) is 53.4 Å². The molecule has 0 spiro atoms. The monoisotopic (exact) mass is 401 g/mol. The molecule has 156 valence electrons. The lowest BCUT2D eigenvalue weighted by atomic mass is 9.62. The summed E-state index contributed by atoms with van der Waals surface area (Å²) in [5.41, 5.74) is -0.0892. The molecule has 2 aliphatic rings. The molecule has 1 aromatic rings. The topological polar surface area (TPSA) is 110 Å². The molecule has 0 radical (unpaired) electrons. The van der Waals surface area contributed by atoms with E-state index in [0.29, 0.717) is 24.1 Å². The summed E-state index contributed by atoms with van der Waals surface area (Å²) in [6, 6.07) is 4.51. The largest absolute Gasteiger partial charge is 0.326 e. The number of fused-ring (bicyclic) bond motifs is 2. The van der Waals surface area contributed by atoms with E-state index in [9.17, 15) is 24.5 Å². The average molecular weight is 401 g/mol. The van der Waals surface area contributed by atoms with Gasteiger partial charge < -0.3 is 5.32 Å². The van der Waals surface area contributed by atoms with Crippen LogP contribution in [0.3, 0.4) is 0 Å². The van der Waals surface area contributed by atoms with Crippen LogP contribution in [0.2, 0.25) is 0 Å². The van der Waals surface area contributed by atoms with Gasteiger partial charge >= 0.3 is 0 Å². The van der Waals surface area contributed by atoms with Crippen molar-refractivity contribution in [1.29, 1.82) is 0 Å². The number of likely N-dealkylation sites (tertiary alicyclic amines) is 1. The second kappa shape index (κ2) is 7.24. The maximum Gasteiger partial charge on any atom is 0.274 e. The molecule has 3 amide bonds. The molecule has 1 N–H and O–H groups in total. The molecule has 1 aromatic carbocycles. The summed E-state index contributed by atoms with van der Waals surface area (Å²) >= 11 is 0. The molecule has 1 aliphatic carbocycles. The summed E-state index contributed by atoms with van der Waals surface area (Å²) in [6.07, 6.45) is 1.89. The maximum absolute atomic E-state index is 13.0. The van der Waals surface area contributed by atoms with Gasteiger partial charge in [0.25, 0.3) is 5.69 Å². The van der Waals surface area contributed by atoms with Gasteiger partial charge in [-0.2, -0.15) is 0 Å². The molecular formula is C21H27N3O5. The van der Waals surface area contributed by atoms with Gasteiger partial charge in [-0.1, -0.05) is 26.8 Å². The van der Waals surface area contributed by atoms with Crippen molar-refractivity contribution in [2.75, 3.05) is 11.9 Å². The van der Waals surface area contributed by atoms with Gasteiger partial charge in [-0.25, -0.2) is 0 Å². The maximum atomic E-state index is 13.0. The smallest absolute Gasteiger partial charge is 0.274 e. The number of hydrogen-bond donors (Lipinski definition) is 1. The van der Waals surface area contributed by atoms with Crippen LogP contribution in [-0.2, 0) is 14.4 Å². The second-order valence-corrected chi connectivity index (χ2v) is 8.85. The molecule has 2 atom stereocenters. The SMILES string of the molecule is Cc1ccc(NC(=O)CCCN2C(=O)C3CCC(C)(C2=O)C3(C)C)cc1[N+](=O)[O-]. The van der Waals surface area contributed by atoms with Gasteiger partial charge in [0.05, 0.1) is 10.3 Å². The quantitative estimate of drug-likeness (QED) is 0.446. The Bertz CT molecular complexity index is 894. The number of benzene rings is 1. The minimum Gasteiger partial charge on any atom is -0.326 e. The molecule has 8 heteroatoms. The summed E-state index contributed by atoms with van der Waals surface area (Å²) in [5, 5.41) is 13.7. The van der Waals surface area contributed by atoms with Crippen molar-refractivity contribution in [2.24, 2.45) is 16.7 Å². The normalized spacial score (nSPS) is 25.2. The minimum atomic E-state index is -0.547. The Balaban J connectivity index is 1.59. The van der Waals surface area contributed by atoms with Crippen LogP contribution in [0.15, 0.2) is 18.2 Å². The molecule has 1 aliphatic heterocycles. The molecule has 8 nitrogen and oxygen atoms in total. The summed E-state index contributed by atoms with van der Waals surface area (Å²) < 4.78 is 0. The number of nitro groups is 1. The zero-order chi connectivity index (χ0) is 21.6. The van der Waals surface area contributed by atoms with Crippen molar-refractivity contribution in [3.63, 3.8) is 0 Å². The van der Waals surface area contributed by atoms with E-state index in [1.54, 1.807) is 19.1 Å². The first-order valence-electron chi connectivity index (χ1n) is 9.90. The third-order valence-corrected chi connectivity index (χ3v) is 6.98. The fourth-order valence-corrected chi connectivity index (χ4v) is 4.62. The molecule has 2 fully saturated rings. The number of nitrogens with zero attached hydrogens (tertiary/aromatic N) is 2. The highest BCUT2D eigenvalue weighted by Crippen LogP contribution is 2.60. The standard InChI is InChI=1S/C21H27N3O5/c1-13-7-8-14(12-16(13)24(28)29)22-17(25)6-5-11-23-18(26)15-9-10-21(4,19(23)27)20(15,2)3/h7-8,12,15H,5-6,9-11H2,1-4H3,(H,22,25). The predicted molar refractivity (Wildman–Crippen MR) is 107 cm³/mol. The van der Waals surface area contributed by atoms with Crippen molar-refractivity contribution in [3.8, 4) is 0 Å². The molecule has 2 unspecified atom stereocenters. The summed E-state index contributed by atoms with van der Waals surface area (Å²) in [4.78, 5) is 49.8. The number of piperidine rings is 1. The Morgan fingerprint density at radius 2 is 2.00 bits per heavy atom. The van der Waals surface area contributed by atoms with Gasteiger partial charge in [-0.15, -0.1) is 0 Å². The third kappa shape index (κ3) is 3.41. The number of hydrogen-bond acceptors (Lipinski definition) is 5. The van der Waals surface area contributed by atoms with E-state index in [4.69, 9.17) is 0 Å². The van der Waals surface area contributed by atoms with Gasteiger partial charge in [0.1, 0.15) is 0 Å². The Labute approximate surface area is 169 Å². The van der Waals surface area contributed by atoms with E-state index in [1.807, 2.05) is 20.8 Å². The number of nitrogens with one attached hydrogen (secondary N) is 1. The van der Waals surface area contributed by atoms with Crippen molar-refractivity contribution >= 4 is 29.1 Å². The predicted octanol–water partition coefficient (Wildman–Crippen LogP) is 3.43. The van der Waals surface area contributed by atoms with E-state index in [2.05, 4.69) is 5.32 Å². The zero-order valence-corrected chi connectivity index (χ0v) is 17.3. The van der Waals surface area contributed by atoms with E-state index >= 15 is 0 Å². The summed E-state index contributed by atoms with van der Waals surface area (Å²) in [7, 11) is 0. The molecule has 0 aromatic heterocycles. The summed E-state index contributed by atoms with van der Waals surface area (Å²) in [5.74, 6) is -0.748. The van der Waals surface area contributed by atoms with E-state index in [-0.39, 0.29) is 47.7 Å². The molecular weight excluding hydrogens is 374 g/mol. The molecule has 3 rings (SSSR count). The van der Waals surface area contributed by atoms with Gasteiger partial charge in [0.15, 0.2) is 0 Å². The number of rotatable bonds is 6. The first-order chi connectivity index (χ1) is 13.5. The van der Waals surface area contributed by atoms with Gasteiger partial charge in [-0.3, -0.25) is 29.4 Å². The Hall–Kier alpha value is -2.77. The zero-order valence-electron chi connectivity index (χ0n) is 17.3. The van der Waals surface area contributed by atoms with Crippen LogP contribution in [0, 0.1) is 33.8 Å². The van der Waals surface area contributed by atoms with Crippen molar-refractivity contribution in [1.82, 2.24) is 4.90 Å². The Kier molecular flexibility index (Phi) is 5.23. The Morgan fingerprint density at radius 3 is 2.66 bits per heavy atom. The van der Waals surface area contributed by atoms with Gasteiger partial charge in [0.2, 0.25) is 17.7 Å². The minimum absolute atomic E-state index is 0.0568. The number of imide groups is 1. The van der Waals surface area contributed by atoms with Crippen LogP contribution < -0.4 is 5.32 Å². The summed E-state index contributed by atoms with van der Waals surface area (Å²) in [6.45, 7) is 7.76. The third-order valence-electron chi connectivity index (χ3n) is 6.98. The lowest BCUT2D eigenvalue weighted by Gasteiger charge is -2.47. The Morgan fingerprint density at radius 1 is 1.31 bits per heavy atom. The number of anilines is 1. The highest BCUT2D eigenvalue weighted by atomic mass is 16.6. The second-order valence-electron chi connectivity index (χ2n) is 8.85. The van der Waals surface area contributed by atoms with E-state index in [0.717, 1.165) is 6.42 Å². The highest BCUT2D eigenvalue weighted by molar-refractivity contribution is 6.03. The lowest BCUT2D eigenvalue weighted by molar-refractivity contribution is -0.385. The fourth-order valence-electron chi connectivity index (χ4n) is 4.62. The van der Waals surface area contributed by atoms with Gasteiger partial charge in [-0.05, 0) is 37.7 Å². The highest BCUT2D eigenvalue weighted by Gasteiger charge is 2.64. The van der Waals surface area contributed by atoms with Crippen molar-refractivity contribution in [3.05, 3.63) is 33.9 Å². The van der Waals surface area contributed by atoms with Crippen LogP contribution in [0.25, 0.3) is 0 Å². The first-order valence-corrected chi connectivity index (χ1v) is 9.90. The molecule has 1 saturated carbocycles. The molecule has 1 saturated heterocycles. The van der Waals surface area contributed by atoms with Crippen LogP contribution in [0.1, 0.15) is 52.0 Å².